The standard InChI is InChI=1S/C22H25NO2/c1-17(2)23-15-20(25-19-11-4-3-5-12-19)16-24-22-14-8-10-18-9-6-7-13-21(18)22/h3-14,17,20,23H,15-16H2,1-2H3. The third-order valence-electron chi connectivity index (χ3n) is 3.97. The number of para-hydroxylation sites is 1. The van der Waals surface area contributed by atoms with Gasteiger partial charge in [0.25, 0.3) is 0 Å². The quantitative estimate of drug-likeness (QED) is 0.649. The van der Waals surface area contributed by atoms with E-state index in [2.05, 4.69) is 37.4 Å². The number of fused-ring (bicyclic) bond motifs is 1. The molecule has 0 aliphatic rings. The molecule has 0 heterocycles. The fourth-order valence-electron chi connectivity index (χ4n) is 2.70. The van der Waals surface area contributed by atoms with E-state index in [1.807, 2.05) is 54.6 Å². The Labute approximate surface area is 149 Å². The summed E-state index contributed by atoms with van der Waals surface area (Å²) in [6.45, 7) is 5.48. The molecule has 1 unspecified atom stereocenters. The summed E-state index contributed by atoms with van der Waals surface area (Å²) in [7, 11) is 0. The van der Waals surface area contributed by atoms with Crippen molar-refractivity contribution in [3.63, 3.8) is 0 Å². The third-order valence-corrected chi connectivity index (χ3v) is 3.97. The van der Waals surface area contributed by atoms with Crippen molar-refractivity contribution in [2.45, 2.75) is 26.0 Å². The first-order chi connectivity index (χ1) is 12.2. The van der Waals surface area contributed by atoms with Crippen LogP contribution in [0.2, 0.25) is 0 Å². The molecule has 3 rings (SSSR count). The fraction of sp³-hybridized carbons (Fsp3) is 0.273. The van der Waals surface area contributed by atoms with Crippen molar-refractivity contribution in [2.75, 3.05) is 13.2 Å². The van der Waals surface area contributed by atoms with Gasteiger partial charge in [-0.25, -0.2) is 0 Å². The monoisotopic (exact) mass is 335 g/mol. The molecule has 0 fully saturated rings. The van der Waals surface area contributed by atoms with Crippen LogP contribution in [0.5, 0.6) is 11.5 Å². The van der Waals surface area contributed by atoms with Crippen molar-refractivity contribution in [3.05, 3.63) is 72.8 Å². The van der Waals surface area contributed by atoms with E-state index in [0.29, 0.717) is 12.6 Å². The Balaban J connectivity index is 1.70. The highest BCUT2D eigenvalue weighted by molar-refractivity contribution is 5.88. The largest absolute Gasteiger partial charge is 0.489 e. The topological polar surface area (TPSA) is 30.5 Å². The molecule has 25 heavy (non-hydrogen) atoms. The molecule has 3 aromatic carbocycles. The van der Waals surface area contributed by atoms with E-state index >= 15 is 0 Å². The predicted octanol–water partition coefficient (Wildman–Crippen LogP) is 4.66. The normalized spacial score (nSPS) is 12.3. The highest BCUT2D eigenvalue weighted by atomic mass is 16.5. The van der Waals surface area contributed by atoms with Crippen LogP contribution in [-0.4, -0.2) is 25.3 Å². The summed E-state index contributed by atoms with van der Waals surface area (Å²) < 4.78 is 12.2. The van der Waals surface area contributed by atoms with Crippen LogP contribution >= 0.6 is 0 Å². The maximum Gasteiger partial charge on any atom is 0.145 e. The average molecular weight is 335 g/mol. The number of nitrogens with one attached hydrogen (secondary N) is 1. The van der Waals surface area contributed by atoms with Gasteiger partial charge in [-0.1, -0.05) is 68.4 Å². The Bertz CT molecular complexity index is 781. The van der Waals surface area contributed by atoms with Gasteiger partial charge in [-0.2, -0.15) is 0 Å². The molecule has 0 aliphatic carbocycles. The van der Waals surface area contributed by atoms with Crippen LogP contribution in [0, 0.1) is 0 Å². The van der Waals surface area contributed by atoms with Crippen molar-refractivity contribution in [1.29, 1.82) is 0 Å². The SMILES string of the molecule is CC(C)NCC(COc1cccc2ccccc12)Oc1ccccc1. The lowest BCUT2D eigenvalue weighted by molar-refractivity contribution is 0.126. The van der Waals surface area contributed by atoms with Gasteiger partial charge < -0.3 is 14.8 Å². The van der Waals surface area contributed by atoms with Crippen LogP contribution in [0.15, 0.2) is 72.8 Å². The van der Waals surface area contributed by atoms with Crippen LogP contribution < -0.4 is 14.8 Å². The smallest absolute Gasteiger partial charge is 0.145 e. The first kappa shape index (κ1) is 17.3. The molecule has 0 saturated heterocycles. The minimum Gasteiger partial charge on any atom is -0.489 e. The van der Waals surface area contributed by atoms with Gasteiger partial charge in [-0.05, 0) is 23.6 Å². The predicted molar refractivity (Wildman–Crippen MR) is 103 cm³/mol. The van der Waals surface area contributed by atoms with E-state index in [1.165, 1.54) is 5.39 Å². The minimum absolute atomic E-state index is 0.0660. The molecule has 0 radical (unpaired) electrons. The Morgan fingerprint density at radius 3 is 2.36 bits per heavy atom. The summed E-state index contributed by atoms with van der Waals surface area (Å²) in [6, 6.07) is 24.7. The summed E-state index contributed by atoms with van der Waals surface area (Å²) in [5, 5.41) is 5.74. The maximum atomic E-state index is 6.12. The van der Waals surface area contributed by atoms with Crippen LogP contribution in [0.25, 0.3) is 10.8 Å². The van der Waals surface area contributed by atoms with Gasteiger partial charge in [0.1, 0.15) is 24.2 Å². The molecule has 0 spiro atoms. The van der Waals surface area contributed by atoms with Crippen LogP contribution in [0.1, 0.15) is 13.8 Å². The lowest BCUT2D eigenvalue weighted by atomic mass is 10.1. The zero-order valence-electron chi connectivity index (χ0n) is 14.8. The Morgan fingerprint density at radius 2 is 1.56 bits per heavy atom. The Hall–Kier alpha value is -2.52. The molecule has 3 nitrogen and oxygen atoms in total. The summed E-state index contributed by atoms with van der Waals surface area (Å²) in [6.07, 6.45) is -0.0660. The lowest BCUT2D eigenvalue weighted by Crippen LogP contribution is -2.39. The first-order valence-electron chi connectivity index (χ1n) is 8.78. The molecule has 1 N–H and O–H groups in total. The molecule has 0 amide bonds. The van der Waals surface area contributed by atoms with Gasteiger partial charge in [-0.3, -0.25) is 0 Å². The Kier molecular flexibility index (Phi) is 5.91. The third kappa shape index (κ3) is 4.97. The van der Waals surface area contributed by atoms with Crippen molar-refractivity contribution in [2.24, 2.45) is 0 Å². The van der Waals surface area contributed by atoms with Gasteiger partial charge in [0.2, 0.25) is 0 Å². The van der Waals surface area contributed by atoms with E-state index in [1.54, 1.807) is 0 Å². The maximum absolute atomic E-state index is 6.12. The van der Waals surface area contributed by atoms with Gasteiger partial charge in [0.15, 0.2) is 0 Å². The molecule has 0 aliphatic heterocycles. The van der Waals surface area contributed by atoms with Crippen molar-refractivity contribution in [3.8, 4) is 11.5 Å². The second kappa shape index (κ2) is 8.54. The highest BCUT2D eigenvalue weighted by Gasteiger charge is 2.13. The van der Waals surface area contributed by atoms with Crippen LogP contribution in [0.4, 0.5) is 0 Å². The van der Waals surface area contributed by atoms with E-state index in [0.717, 1.165) is 23.4 Å². The summed E-state index contributed by atoms with van der Waals surface area (Å²) >= 11 is 0. The lowest BCUT2D eigenvalue weighted by Gasteiger charge is -2.22. The molecular formula is C22H25NO2. The van der Waals surface area contributed by atoms with E-state index < -0.39 is 0 Å². The average Bonchev–Trinajstić information content (AvgIpc) is 2.64. The molecule has 130 valence electrons. The number of ether oxygens (including phenoxy) is 2. The number of hydrogen-bond donors (Lipinski definition) is 1. The number of hydrogen-bond acceptors (Lipinski definition) is 3. The number of rotatable bonds is 8. The molecule has 0 aromatic heterocycles. The van der Waals surface area contributed by atoms with Gasteiger partial charge in [0, 0.05) is 18.0 Å². The molecule has 0 saturated carbocycles. The van der Waals surface area contributed by atoms with E-state index in [4.69, 9.17) is 9.47 Å². The summed E-state index contributed by atoms with van der Waals surface area (Å²) in [4.78, 5) is 0. The Morgan fingerprint density at radius 1 is 0.840 bits per heavy atom. The van der Waals surface area contributed by atoms with Crippen molar-refractivity contribution in [1.82, 2.24) is 5.32 Å². The fourth-order valence-corrected chi connectivity index (χ4v) is 2.70. The zero-order valence-corrected chi connectivity index (χ0v) is 14.8. The second-order valence-electron chi connectivity index (χ2n) is 6.40. The van der Waals surface area contributed by atoms with Crippen LogP contribution in [-0.2, 0) is 0 Å². The molecular weight excluding hydrogens is 310 g/mol. The highest BCUT2D eigenvalue weighted by Crippen LogP contribution is 2.25. The summed E-state index contributed by atoms with van der Waals surface area (Å²) in [5.74, 6) is 1.75. The minimum atomic E-state index is -0.0660. The number of benzene rings is 3. The van der Waals surface area contributed by atoms with Gasteiger partial charge >= 0.3 is 0 Å². The van der Waals surface area contributed by atoms with E-state index in [9.17, 15) is 0 Å². The van der Waals surface area contributed by atoms with Gasteiger partial charge in [0.05, 0.1) is 0 Å². The van der Waals surface area contributed by atoms with Crippen molar-refractivity contribution < 1.29 is 9.47 Å². The first-order valence-corrected chi connectivity index (χ1v) is 8.78. The zero-order chi connectivity index (χ0) is 17.5. The molecule has 1 atom stereocenters. The van der Waals surface area contributed by atoms with E-state index in [-0.39, 0.29) is 6.10 Å². The van der Waals surface area contributed by atoms with Crippen LogP contribution in [0.3, 0.4) is 0 Å². The summed E-state index contributed by atoms with van der Waals surface area (Å²) in [5.41, 5.74) is 0. The molecule has 3 heteroatoms. The second-order valence-corrected chi connectivity index (χ2v) is 6.40. The van der Waals surface area contributed by atoms with Crippen molar-refractivity contribution >= 4 is 10.8 Å². The molecule has 3 aromatic rings. The van der Waals surface area contributed by atoms with Gasteiger partial charge in [-0.15, -0.1) is 0 Å². The molecule has 0 bridgehead atoms.